The van der Waals surface area contributed by atoms with E-state index in [1.165, 1.54) is 16.7 Å². The average Bonchev–Trinajstić information content (AvgIpc) is 2.63. The Morgan fingerprint density at radius 1 is 1.37 bits per heavy atom. The van der Waals surface area contributed by atoms with Gasteiger partial charge in [-0.1, -0.05) is 18.7 Å². The summed E-state index contributed by atoms with van der Waals surface area (Å²) < 4.78 is 5.17. The van der Waals surface area contributed by atoms with E-state index in [-0.39, 0.29) is 42.2 Å². The summed E-state index contributed by atoms with van der Waals surface area (Å²) in [5.74, 6) is -2.06. The molecule has 0 aromatic carbocycles. The van der Waals surface area contributed by atoms with Crippen molar-refractivity contribution in [2.75, 3.05) is 18.5 Å². The maximum Gasteiger partial charge on any atom is 0.352 e. The van der Waals surface area contributed by atoms with E-state index in [9.17, 15) is 24.3 Å². The SMILES string of the molecule is CCCC(=O)CC1C(=O)N2C(C(=O)O)=C(COC(=O)CCCP=S)CSC12. The van der Waals surface area contributed by atoms with E-state index in [0.29, 0.717) is 24.2 Å². The number of ether oxygens (including phenoxy) is 1. The van der Waals surface area contributed by atoms with Crippen molar-refractivity contribution < 1.29 is 29.0 Å². The Balaban J connectivity index is 2.02. The number of β-lactam (4-membered cyclic amide) rings is 1. The molecule has 0 aliphatic carbocycles. The summed E-state index contributed by atoms with van der Waals surface area (Å²) in [4.78, 5) is 49.0. The fourth-order valence-corrected chi connectivity index (χ4v) is 5.15. The summed E-state index contributed by atoms with van der Waals surface area (Å²) in [7, 11) is 0.797. The molecule has 0 spiro atoms. The summed E-state index contributed by atoms with van der Waals surface area (Å²) in [5.41, 5.74) is 0.296. The number of fused-ring (bicyclic) bond motifs is 1. The summed E-state index contributed by atoms with van der Waals surface area (Å²) in [6.07, 6.45) is 2.90. The molecule has 1 saturated heterocycles. The van der Waals surface area contributed by atoms with Crippen molar-refractivity contribution in [3.63, 3.8) is 0 Å². The van der Waals surface area contributed by atoms with Crippen LogP contribution in [0.1, 0.15) is 39.0 Å². The molecule has 2 unspecified atom stereocenters. The van der Waals surface area contributed by atoms with Crippen LogP contribution in [0.3, 0.4) is 0 Å². The summed E-state index contributed by atoms with van der Waals surface area (Å²) >= 11 is 6.21. The van der Waals surface area contributed by atoms with Crippen LogP contribution >= 0.6 is 19.1 Å². The summed E-state index contributed by atoms with van der Waals surface area (Å²) in [5, 5.41) is 9.22. The first-order valence-electron chi connectivity index (χ1n) is 8.77. The molecular weight excluding hydrogens is 409 g/mol. The molecular formula is C17H22NO6PS2. The highest BCUT2D eigenvalue weighted by Crippen LogP contribution is 2.45. The Morgan fingerprint density at radius 3 is 2.74 bits per heavy atom. The summed E-state index contributed by atoms with van der Waals surface area (Å²) in [6, 6.07) is 0. The summed E-state index contributed by atoms with van der Waals surface area (Å²) in [6.45, 7) is 1.76. The molecule has 2 aliphatic rings. The highest BCUT2D eigenvalue weighted by Gasteiger charge is 2.53. The number of carboxylic acid groups (broad SMARTS) is 1. The van der Waals surface area contributed by atoms with Gasteiger partial charge in [0.2, 0.25) is 5.91 Å². The van der Waals surface area contributed by atoms with Gasteiger partial charge < -0.3 is 9.84 Å². The third-order valence-electron chi connectivity index (χ3n) is 4.37. The van der Waals surface area contributed by atoms with E-state index in [1.54, 1.807) is 0 Å². The minimum atomic E-state index is -1.22. The Bertz CT molecular complexity index is 680. The first-order valence-corrected chi connectivity index (χ1v) is 11.9. The van der Waals surface area contributed by atoms with Crippen LogP contribution in [0.15, 0.2) is 11.3 Å². The zero-order chi connectivity index (χ0) is 20.0. The van der Waals surface area contributed by atoms with Gasteiger partial charge in [0.05, 0.1) is 11.3 Å². The smallest absolute Gasteiger partial charge is 0.352 e. The zero-order valence-electron chi connectivity index (χ0n) is 15.0. The number of carbonyl (C=O) groups excluding carboxylic acids is 3. The van der Waals surface area contributed by atoms with Crippen LogP contribution < -0.4 is 0 Å². The number of rotatable bonds is 11. The fourth-order valence-electron chi connectivity index (χ4n) is 3.08. The number of hydrogen-bond acceptors (Lipinski definition) is 7. The second-order valence-corrected chi connectivity index (χ2v) is 8.97. The second-order valence-electron chi connectivity index (χ2n) is 6.38. The van der Waals surface area contributed by atoms with E-state index in [2.05, 4.69) is 0 Å². The van der Waals surface area contributed by atoms with Gasteiger partial charge in [0.1, 0.15) is 18.1 Å². The maximum absolute atomic E-state index is 12.5. The standard InChI is InChI=1S/C17H22NO6PS2/c1-2-4-11(19)7-12-15(21)18-14(17(22)23)10(9-27-16(12)18)8-24-13(20)5-3-6-25-26/h12,16H,2-9H2,1H3,(H,22,23). The van der Waals surface area contributed by atoms with Crippen LogP contribution in [0.2, 0.25) is 0 Å². The van der Waals surface area contributed by atoms with Crippen LogP contribution in [-0.2, 0) is 35.7 Å². The van der Waals surface area contributed by atoms with E-state index in [1.807, 2.05) is 6.92 Å². The van der Waals surface area contributed by atoms with Crippen molar-refractivity contribution >= 4 is 54.6 Å². The van der Waals surface area contributed by atoms with E-state index < -0.39 is 17.9 Å². The van der Waals surface area contributed by atoms with Gasteiger partial charge in [0.15, 0.2) is 0 Å². The molecule has 2 rings (SSSR count). The molecule has 148 valence electrons. The minimum Gasteiger partial charge on any atom is -0.477 e. The van der Waals surface area contributed by atoms with E-state index in [4.69, 9.17) is 16.5 Å². The number of hydrogen-bond donors (Lipinski definition) is 1. The van der Waals surface area contributed by atoms with Crippen LogP contribution in [0.4, 0.5) is 0 Å². The Labute approximate surface area is 168 Å². The van der Waals surface area contributed by atoms with Gasteiger partial charge in [-0.3, -0.25) is 19.3 Å². The van der Waals surface area contributed by atoms with Crippen molar-refractivity contribution in [2.45, 2.75) is 44.4 Å². The molecule has 0 aromatic heterocycles. The van der Waals surface area contributed by atoms with Crippen molar-refractivity contribution in [2.24, 2.45) is 5.92 Å². The molecule has 2 atom stereocenters. The normalized spacial score (nSPS) is 21.7. The molecule has 10 heteroatoms. The van der Waals surface area contributed by atoms with Crippen molar-refractivity contribution in [3.05, 3.63) is 11.3 Å². The van der Waals surface area contributed by atoms with Crippen LogP contribution in [-0.4, -0.2) is 57.5 Å². The molecule has 27 heavy (non-hydrogen) atoms. The molecule has 0 saturated carbocycles. The third kappa shape index (κ3) is 5.36. The van der Waals surface area contributed by atoms with Crippen molar-refractivity contribution in [1.82, 2.24) is 4.90 Å². The van der Waals surface area contributed by atoms with Gasteiger partial charge in [-0.25, -0.2) is 4.79 Å². The highest BCUT2D eigenvalue weighted by molar-refractivity contribution is 8.00. The highest BCUT2D eigenvalue weighted by atomic mass is 32.4. The Hall–Kier alpha value is -1.31. The maximum atomic E-state index is 12.5. The van der Waals surface area contributed by atoms with Gasteiger partial charge in [0.25, 0.3) is 0 Å². The lowest BCUT2D eigenvalue weighted by molar-refractivity contribution is -0.154. The lowest BCUT2D eigenvalue weighted by atomic mass is 9.89. The van der Waals surface area contributed by atoms with Gasteiger partial charge in [-0.2, -0.15) is 0 Å². The number of nitrogens with zero attached hydrogens (tertiary/aromatic N) is 1. The molecule has 1 fully saturated rings. The number of carboxylic acids is 1. The molecule has 2 aliphatic heterocycles. The van der Waals surface area contributed by atoms with Crippen molar-refractivity contribution in [1.29, 1.82) is 0 Å². The van der Waals surface area contributed by atoms with Gasteiger partial charge >= 0.3 is 11.9 Å². The average molecular weight is 431 g/mol. The first-order chi connectivity index (χ1) is 12.9. The largest absolute Gasteiger partial charge is 0.477 e. The van der Waals surface area contributed by atoms with Gasteiger partial charge in [0, 0.05) is 36.8 Å². The van der Waals surface area contributed by atoms with Crippen LogP contribution in [0.5, 0.6) is 0 Å². The molecule has 1 amide bonds. The zero-order valence-corrected chi connectivity index (χ0v) is 17.5. The Kier molecular flexibility index (Phi) is 8.38. The predicted molar refractivity (Wildman–Crippen MR) is 105 cm³/mol. The van der Waals surface area contributed by atoms with E-state index >= 15 is 0 Å². The molecule has 1 N–H and O–H groups in total. The third-order valence-corrected chi connectivity index (χ3v) is 6.82. The molecule has 7 nitrogen and oxygen atoms in total. The molecule has 2 heterocycles. The number of ketones is 1. The number of amides is 1. The van der Waals surface area contributed by atoms with Gasteiger partial charge in [-0.15, -0.1) is 11.8 Å². The number of carbonyl (C=O) groups is 4. The predicted octanol–water partition coefficient (Wildman–Crippen LogP) is 2.35. The van der Waals surface area contributed by atoms with E-state index in [0.717, 1.165) is 19.9 Å². The quantitative estimate of drug-likeness (QED) is 0.230. The number of aliphatic carboxylic acids is 1. The number of Topliss-reactive ketones (excluding diaryl/α,β-unsaturated/α-hetero) is 1. The Morgan fingerprint density at radius 2 is 2.11 bits per heavy atom. The van der Waals surface area contributed by atoms with Crippen LogP contribution in [0, 0.1) is 5.92 Å². The number of esters is 1. The molecule has 0 radical (unpaired) electrons. The molecule has 0 bridgehead atoms. The minimum absolute atomic E-state index is 0.0233. The van der Waals surface area contributed by atoms with Crippen molar-refractivity contribution in [3.8, 4) is 0 Å². The second kappa shape index (κ2) is 10.3. The fraction of sp³-hybridized carbons (Fsp3) is 0.647. The number of thioether (sulfide) groups is 1. The monoisotopic (exact) mass is 431 g/mol. The lowest BCUT2D eigenvalue weighted by Crippen LogP contribution is -2.62. The van der Waals surface area contributed by atoms with Gasteiger partial charge in [-0.05, 0) is 20.2 Å². The first kappa shape index (κ1) is 22.0. The lowest BCUT2D eigenvalue weighted by Gasteiger charge is -2.49. The van der Waals surface area contributed by atoms with Crippen LogP contribution in [0.25, 0.3) is 0 Å². The molecule has 0 aromatic rings. The topological polar surface area (TPSA) is 101 Å².